The third-order valence-electron chi connectivity index (χ3n) is 2.82. The molecule has 0 saturated heterocycles. The minimum absolute atomic E-state index is 0.0529. The van der Waals surface area contributed by atoms with Gasteiger partial charge in [-0.1, -0.05) is 22.0 Å². The molecule has 0 bridgehead atoms. The van der Waals surface area contributed by atoms with E-state index in [1.807, 2.05) is 25.1 Å². The predicted octanol–water partition coefficient (Wildman–Crippen LogP) is 3.40. The summed E-state index contributed by atoms with van der Waals surface area (Å²) in [6.45, 7) is 1.98. The van der Waals surface area contributed by atoms with Gasteiger partial charge in [0, 0.05) is 10.5 Å². The van der Waals surface area contributed by atoms with Crippen LogP contribution in [0.2, 0.25) is 0 Å². The highest BCUT2D eigenvalue weighted by molar-refractivity contribution is 9.10. The van der Waals surface area contributed by atoms with E-state index in [4.69, 9.17) is 10.5 Å². The molecule has 3 heteroatoms. The zero-order valence-electron chi connectivity index (χ0n) is 8.87. The van der Waals surface area contributed by atoms with Gasteiger partial charge in [-0.2, -0.15) is 0 Å². The normalized spacial score (nSPS) is 18.3. The van der Waals surface area contributed by atoms with E-state index in [0.717, 1.165) is 15.8 Å². The minimum atomic E-state index is 0.0529. The summed E-state index contributed by atoms with van der Waals surface area (Å²) in [6, 6.07) is 6.10. The van der Waals surface area contributed by atoms with Crippen molar-refractivity contribution in [1.82, 2.24) is 0 Å². The average molecular weight is 270 g/mol. The summed E-state index contributed by atoms with van der Waals surface area (Å²) in [7, 11) is 0. The number of rotatable bonds is 3. The SMILES string of the molecule is C[C@H](N)c1ccc(OC2CCC2)cc1Br. The van der Waals surface area contributed by atoms with Crippen LogP contribution in [0, 0.1) is 0 Å². The smallest absolute Gasteiger partial charge is 0.120 e. The van der Waals surface area contributed by atoms with Crippen LogP contribution in [0.15, 0.2) is 22.7 Å². The molecule has 82 valence electrons. The van der Waals surface area contributed by atoms with Crippen LogP contribution in [0.1, 0.15) is 37.8 Å². The van der Waals surface area contributed by atoms with Crippen molar-refractivity contribution in [2.75, 3.05) is 0 Å². The van der Waals surface area contributed by atoms with Crippen molar-refractivity contribution in [3.63, 3.8) is 0 Å². The van der Waals surface area contributed by atoms with E-state index < -0.39 is 0 Å². The van der Waals surface area contributed by atoms with Crippen LogP contribution in [0.3, 0.4) is 0 Å². The molecule has 0 aliphatic heterocycles. The Kier molecular flexibility index (Phi) is 3.32. The Hall–Kier alpha value is -0.540. The first-order chi connectivity index (χ1) is 7.16. The van der Waals surface area contributed by atoms with Crippen molar-refractivity contribution in [2.24, 2.45) is 5.73 Å². The van der Waals surface area contributed by atoms with Crippen LogP contribution < -0.4 is 10.5 Å². The number of hydrogen-bond acceptors (Lipinski definition) is 2. The van der Waals surface area contributed by atoms with Gasteiger partial charge >= 0.3 is 0 Å². The van der Waals surface area contributed by atoms with Crippen molar-refractivity contribution in [2.45, 2.75) is 38.3 Å². The van der Waals surface area contributed by atoms with Crippen molar-refractivity contribution in [3.8, 4) is 5.75 Å². The molecule has 1 aliphatic carbocycles. The van der Waals surface area contributed by atoms with Crippen LogP contribution in [-0.2, 0) is 0 Å². The zero-order valence-corrected chi connectivity index (χ0v) is 10.5. The van der Waals surface area contributed by atoms with Crippen LogP contribution in [-0.4, -0.2) is 6.10 Å². The summed E-state index contributed by atoms with van der Waals surface area (Å²) in [5.41, 5.74) is 6.95. The molecular weight excluding hydrogens is 254 g/mol. The maximum Gasteiger partial charge on any atom is 0.120 e. The van der Waals surface area contributed by atoms with E-state index in [1.165, 1.54) is 19.3 Å². The molecule has 1 fully saturated rings. The first-order valence-corrected chi connectivity index (χ1v) is 6.18. The molecule has 1 atom stereocenters. The monoisotopic (exact) mass is 269 g/mol. The van der Waals surface area contributed by atoms with Crippen molar-refractivity contribution in [1.29, 1.82) is 0 Å². The average Bonchev–Trinajstić information content (AvgIpc) is 2.11. The Morgan fingerprint density at radius 1 is 1.47 bits per heavy atom. The Balaban J connectivity index is 2.10. The highest BCUT2D eigenvalue weighted by Crippen LogP contribution is 2.30. The molecule has 0 unspecified atom stereocenters. The summed E-state index contributed by atoms with van der Waals surface area (Å²) in [6.07, 6.45) is 4.10. The summed E-state index contributed by atoms with van der Waals surface area (Å²) in [4.78, 5) is 0. The highest BCUT2D eigenvalue weighted by Gasteiger charge is 2.19. The Morgan fingerprint density at radius 3 is 2.67 bits per heavy atom. The van der Waals surface area contributed by atoms with E-state index in [9.17, 15) is 0 Å². The molecule has 15 heavy (non-hydrogen) atoms. The molecule has 0 aromatic heterocycles. The van der Waals surface area contributed by atoms with Gasteiger partial charge in [0.1, 0.15) is 5.75 Å². The van der Waals surface area contributed by atoms with Gasteiger partial charge in [0.2, 0.25) is 0 Å². The fourth-order valence-corrected chi connectivity index (χ4v) is 2.35. The topological polar surface area (TPSA) is 35.2 Å². The maximum atomic E-state index is 5.83. The minimum Gasteiger partial charge on any atom is -0.490 e. The third-order valence-corrected chi connectivity index (χ3v) is 3.50. The van der Waals surface area contributed by atoms with E-state index in [-0.39, 0.29) is 6.04 Å². The van der Waals surface area contributed by atoms with Gasteiger partial charge in [0.25, 0.3) is 0 Å². The number of ether oxygens (including phenoxy) is 1. The highest BCUT2D eigenvalue weighted by atomic mass is 79.9. The van der Waals surface area contributed by atoms with Crippen molar-refractivity contribution in [3.05, 3.63) is 28.2 Å². The molecule has 0 amide bonds. The summed E-state index contributed by atoms with van der Waals surface area (Å²) < 4.78 is 6.83. The number of hydrogen-bond donors (Lipinski definition) is 1. The molecule has 1 aromatic rings. The molecule has 2 nitrogen and oxygen atoms in total. The van der Waals surface area contributed by atoms with E-state index in [2.05, 4.69) is 15.9 Å². The molecule has 2 rings (SSSR count). The molecular formula is C12H16BrNO. The van der Waals surface area contributed by atoms with Gasteiger partial charge < -0.3 is 10.5 Å². The van der Waals surface area contributed by atoms with E-state index >= 15 is 0 Å². The van der Waals surface area contributed by atoms with E-state index in [0.29, 0.717) is 6.10 Å². The number of nitrogens with two attached hydrogens (primary N) is 1. The first kappa shape index (κ1) is 11.0. The molecule has 1 aliphatic rings. The second-order valence-electron chi connectivity index (χ2n) is 4.14. The summed E-state index contributed by atoms with van der Waals surface area (Å²) >= 11 is 3.52. The van der Waals surface area contributed by atoms with Gasteiger partial charge in [-0.25, -0.2) is 0 Å². The summed E-state index contributed by atoms with van der Waals surface area (Å²) in [5, 5.41) is 0. The Labute approximate surface area is 98.9 Å². The van der Waals surface area contributed by atoms with Crippen LogP contribution in [0.4, 0.5) is 0 Å². The van der Waals surface area contributed by atoms with Crippen LogP contribution in [0.25, 0.3) is 0 Å². The van der Waals surface area contributed by atoms with Gasteiger partial charge in [-0.05, 0) is 43.9 Å². The van der Waals surface area contributed by atoms with Gasteiger partial charge in [0.15, 0.2) is 0 Å². The molecule has 0 heterocycles. The second-order valence-corrected chi connectivity index (χ2v) is 5.00. The lowest BCUT2D eigenvalue weighted by atomic mass is 9.96. The van der Waals surface area contributed by atoms with Gasteiger partial charge in [-0.3, -0.25) is 0 Å². The lowest BCUT2D eigenvalue weighted by Crippen LogP contribution is -2.24. The Bertz CT molecular complexity index is 347. The third kappa shape index (κ3) is 2.52. The second kappa shape index (κ2) is 4.54. The molecule has 1 aromatic carbocycles. The first-order valence-electron chi connectivity index (χ1n) is 5.38. The number of benzene rings is 1. The lowest BCUT2D eigenvalue weighted by molar-refractivity contribution is 0.120. The summed E-state index contributed by atoms with van der Waals surface area (Å²) in [5.74, 6) is 0.941. The van der Waals surface area contributed by atoms with E-state index in [1.54, 1.807) is 0 Å². The maximum absolute atomic E-state index is 5.83. The fourth-order valence-electron chi connectivity index (χ4n) is 1.63. The van der Waals surface area contributed by atoms with Gasteiger partial charge in [-0.15, -0.1) is 0 Å². The quantitative estimate of drug-likeness (QED) is 0.913. The molecule has 0 radical (unpaired) electrons. The molecule has 2 N–H and O–H groups in total. The zero-order chi connectivity index (χ0) is 10.8. The van der Waals surface area contributed by atoms with Crippen molar-refractivity contribution >= 4 is 15.9 Å². The van der Waals surface area contributed by atoms with Gasteiger partial charge in [0.05, 0.1) is 6.10 Å². The lowest BCUT2D eigenvalue weighted by Gasteiger charge is -2.26. The number of halogens is 1. The molecule has 0 spiro atoms. The standard InChI is InChI=1S/C12H16BrNO/c1-8(14)11-6-5-10(7-12(11)13)15-9-3-2-4-9/h5-9H,2-4,14H2,1H3/t8-/m0/s1. The van der Waals surface area contributed by atoms with Crippen LogP contribution in [0.5, 0.6) is 5.75 Å². The fraction of sp³-hybridized carbons (Fsp3) is 0.500. The van der Waals surface area contributed by atoms with Crippen molar-refractivity contribution < 1.29 is 4.74 Å². The predicted molar refractivity (Wildman–Crippen MR) is 65.0 cm³/mol. The Morgan fingerprint density at radius 2 is 2.20 bits per heavy atom. The van der Waals surface area contributed by atoms with Crippen LogP contribution >= 0.6 is 15.9 Å². The largest absolute Gasteiger partial charge is 0.490 e. The molecule has 1 saturated carbocycles.